The maximum absolute atomic E-state index is 13.5. The van der Waals surface area contributed by atoms with Gasteiger partial charge in [-0.2, -0.15) is 0 Å². The third kappa shape index (κ3) is 1.94. The highest BCUT2D eigenvalue weighted by Gasteiger charge is 2.46. The predicted molar refractivity (Wildman–Crippen MR) is 63.7 cm³/mol. The van der Waals surface area contributed by atoms with Gasteiger partial charge in [-0.05, 0) is 42.0 Å². The molecule has 3 heteroatoms. The fourth-order valence-corrected chi connectivity index (χ4v) is 2.38. The normalized spacial score (nSPS) is 17.9. The highest BCUT2D eigenvalue weighted by Crippen LogP contribution is 2.44. The predicted octanol–water partition coefficient (Wildman–Crippen LogP) is 3.46. The Labute approximate surface area is 100 Å². The van der Waals surface area contributed by atoms with E-state index in [-0.39, 0.29) is 11.7 Å². The number of carbonyl (C=O) groups is 1. The van der Waals surface area contributed by atoms with E-state index in [0.29, 0.717) is 18.4 Å². The Bertz CT molecular complexity index is 448. The van der Waals surface area contributed by atoms with E-state index in [4.69, 9.17) is 0 Å². The topological polar surface area (TPSA) is 37.3 Å². The summed E-state index contributed by atoms with van der Waals surface area (Å²) in [7, 11) is 0. The Morgan fingerprint density at radius 1 is 1.35 bits per heavy atom. The molecule has 0 spiro atoms. The number of carboxylic acid groups (broad SMARTS) is 1. The molecule has 1 aliphatic carbocycles. The number of hydrogen-bond donors (Lipinski definition) is 1. The van der Waals surface area contributed by atoms with Gasteiger partial charge in [-0.15, -0.1) is 0 Å². The van der Waals surface area contributed by atoms with Crippen LogP contribution in [0.25, 0.3) is 0 Å². The second kappa shape index (κ2) is 4.13. The van der Waals surface area contributed by atoms with Crippen LogP contribution < -0.4 is 0 Å². The van der Waals surface area contributed by atoms with E-state index in [0.717, 1.165) is 12.0 Å². The van der Waals surface area contributed by atoms with Gasteiger partial charge in [0, 0.05) is 0 Å². The average molecular weight is 236 g/mol. The van der Waals surface area contributed by atoms with Gasteiger partial charge in [-0.1, -0.05) is 26.3 Å². The fourth-order valence-electron chi connectivity index (χ4n) is 2.38. The number of carboxylic acids is 1. The summed E-state index contributed by atoms with van der Waals surface area (Å²) >= 11 is 0. The van der Waals surface area contributed by atoms with Crippen molar-refractivity contribution >= 4 is 5.97 Å². The highest BCUT2D eigenvalue weighted by molar-refractivity contribution is 5.82. The zero-order valence-corrected chi connectivity index (χ0v) is 10.2. The molecule has 0 aliphatic heterocycles. The van der Waals surface area contributed by atoms with Gasteiger partial charge in [0.1, 0.15) is 5.82 Å². The van der Waals surface area contributed by atoms with Crippen molar-refractivity contribution < 1.29 is 14.3 Å². The van der Waals surface area contributed by atoms with Crippen LogP contribution >= 0.6 is 0 Å². The van der Waals surface area contributed by atoms with Crippen molar-refractivity contribution in [3.8, 4) is 0 Å². The summed E-state index contributed by atoms with van der Waals surface area (Å²) in [5.74, 6) is -0.960. The smallest absolute Gasteiger partial charge is 0.314 e. The number of rotatable bonds is 3. The van der Waals surface area contributed by atoms with E-state index < -0.39 is 11.4 Å². The van der Waals surface area contributed by atoms with Gasteiger partial charge in [0.2, 0.25) is 0 Å². The number of halogens is 1. The van der Waals surface area contributed by atoms with Gasteiger partial charge in [0.05, 0.1) is 5.41 Å². The number of aliphatic carboxylic acids is 1. The van der Waals surface area contributed by atoms with Gasteiger partial charge in [0.25, 0.3) is 0 Å². The van der Waals surface area contributed by atoms with E-state index in [1.54, 1.807) is 0 Å². The van der Waals surface area contributed by atoms with Gasteiger partial charge in [-0.3, -0.25) is 4.79 Å². The summed E-state index contributed by atoms with van der Waals surface area (Å²) in [5.41, 5.74) is 0.652. The van der Waals surface area contributed by atoms with Crippen LogP contribution in [-0.4, -0.2) is 11.1 Å². The van der Waals surface area contributed by atoms with Crippen molar-refractivity contribution in [1.82, 2.24) is 0 Å². The van der Waals surface area contributed by atoms with Gasteiger partial charge >= 0.3 is 5.97 Å². The van der Waals surface area contributed by atoms with Crippen LogP contribution in [0.4, 0.5) is 4.39 Å². The molecule has 0 heterocycles. The van der Waals surface area contributed by atoms with Crippen LogP contribution in [0.5, 0.6) is 0 Å². The van der Waals surface area contributed by atoms with Crippen LogP contribution in [0.3, 0.4) is 0 Å². The first-order chi connectivity index (χ1) is 7.95. The Hall–Kier alpha value is -1.38. The zero-order valence-electron chi connectivity index (χ0n) is 10.2. The van der Waals surface area contributed by atoms with Crippen molar-refractivity contribution in [2.75, 3.05) is 0 Å². The van der Waals surface area contributed by atoms with Crippen molar-refractivity contribution in [2.24, 2.45) is 0 Å². The molecule has 0 amide bonds. The molecule has 2 rings (SSSR count). The van der Waals surface area contributed by atoms with Crippen LogP contribution in [0, 0.1) is 5.82 Å². The summed E-state index contributed by atoms with van der Waals surface area (Å²) < 4.78 is 13.5. The molecule has 0 bridgehead atoms. The molecule has 17 heavy (non-hydrogen) atoms. The van der Waals surface area contributed by atoms with Gasteiger partial charge in [0.15, 0.2) is 0 Å². The largest absolute Gasteiger partial charge is 0.481 e. The van der Waals surface area contributed by atoms with E-state index in [2.05, 4.69) is 0 Å². The SMILES string of the molecule is CC(C)c1cc(F)cc(C2(C(=O)O)CCC2)c1. The lowest BCUT2D eigenvalue weighted by Crippen LogP contribution is -2.42. The summed E-state index contributed by atoms with van der Waals surface area (Å²) in [5, 5.41) is 9.34. The maximum Gasteiger partial charge on any atom is 0.314 e. The second-order valence-electron chi connectivity index (χ2n) is 5.17. The van der Waals surface area contributed by atoms with Gasteiger partial charge in [-0.25, -0.2) is 4.39 Å². The van der Waals surface area contributed by atoms with Gasteiger partial charge < -0.3 is 5.11 Å². The quantitative estimate of drug-likeness (QED) is 0.872. The Morgan fingerprint density at radius 2 is 2.00 bits per heavy atom. The lowest BCUT2D eigenvalue weighted by molar-refractivity contribution is -0.147. The maximum atomic E-state index is 13.5. The third-order valence-electron chi connectivity index (χ3n) is 3.76. The lowest BCUT2D eigenvalue weighted by atomic mass is 9.64. The van der Waals surface area contributed by atoms with Crippen LogP contribution in [0.2, 0.25) is 0 Å². The molecule has 1 fully saturated rings. The number of hydrogen-bond acceptors (Lipinski definition) is 1. The molecule has 0 unspecified atom stereocenters. The first-order valence-corrected chi connectivity index (χ1v) is 6.00. The van der Waals surface area contributed by atoms with Crippen LogP contribution in [0.15, 0.2) is 18.2 Å². The minimum atomic E-state index is -0.842. The highest BCUT2D eigenvalue weighted by atomic mass is 19.1. The molecular formula is C14H17FO2. The summed E-state index contributed by atoms with van der Waals surface area (Å²) in [6, 6.07) is 4.71. The second-order valence-corrected chi connectivity index (χ2v) is 5.17. The molecule has 0 saturated heterocycles. The molecule has 1 aromatic rings. The van der Waals surface area contributed by atoms with Crippen molar-refractivity contribution in [2.45, 2.75) is 44.4 Å². The van der Waals surface area contributed by atoms with Crippen molar-refractivity contribution in [3.05, 3.63) is 35.1 Å². The Kier molecular flexibility index (Phi) is 2.94. The van der Waals surface area contributed by atoms with E-state index in [9.17, 15) is 14.3 Å². The Morgan fingerprint density at radius 3 is 2.41 bits per heavy atom. The molecule has 0 atom stereocenters. The monoisotopic (exact) mass is 236 g/mol. The molecule has 2 nitrogen and oxygen atoms in total. The molecular weight excluding hydrogens is 219 g/mol. The first-order valence-electron chi connectivity index (χ1n) is 6.00. The van der Waals surface area contributed by atoms with E-state index in [1.165, 1.54) is 12.1 Å². The molecule has 0 radical (unpaired) electrons. The van der Waals surface area contributed by atoms with E-state index >= 15 is 0 Å². The minimum Gasteiger partial charge on any atom is -0.481 e. The third-order valence-corrected chi connectivity index (χ3v) is 3.76. The molecule has 1 N–H and O–H groups in total. The molecule has 1 saturated carbocycles. The molecule has 0 aromatic heterocycles. The zero-order chi connectivity index (χ0) is 12.6. The van der Waals surface area contributed by atoms with Crippen molar-refractivity contribution in [1.29, 1.82) is 0 Å². The van der Waals surface area contributed by atoms with Crippen LogP contribution in [0.1, 0.15) is 50.2 Å². The van der Waals surface area contributed by atoms with Crippen LogP contribution in [-0.2, 0) is 10.2 Å². The molecule has 1 aromatic carbocycles. The first kappa shape index (κ1) is 12.1. The fraction of sp³-hybridized carbons (Fsp3) is 0.500. The Balaban J connectivity index is 2.48. The average Bonchev–Trinajstić information content (AvgIpc) is 2.13. The lowest BCUT2D eigenvalue weighted by Gasteiger charge is -2.38. The number of benzene rings is 1. The molecule has 1 aliphatic rings. The standard InChI is InChI=1S/C14H17FO2/c1-9(2)10-6-11(8-12(15)7-10)14(13(16)17)4-3-5-14/h6-9H,3-5H2,1-2H3,(H,16,17). The summed E-state index contributed by atoms with van der Waals surface area (Å²) in [4.78, 5) is 11.4. The summed E-state index contributed by atoms with van der Waals surface area (Å²) in [6.45, 7) is 3.96. The molecule has 92 valence electrons. The van der Waals surface area contributed by atoms with Crippen molar-refractivity contribution in [3.63, 3.8) is 0 Å². The minimum absolute atomic E-state index is 0.204. The summed E-state index contributed by atoms with van der Waals surface area (Å²) in [6.07, 6.45) is 2.13. The van der Waals surface area contributed by atoms with E-state index in [1.807, 2.05) is 19.9 Å².